The summed E-state index contributed by atoms with van der Waals surface area (Å²) in [4.78, 5) is 11.3. The SMILES string of the molecule is O=C1C=C(CCCCCCOC2CCCCO2)CCC1. The minimum Gasteiger partial charge on any atom is -0.353 e. The summed E-state index contributed by atoms with van der Waals surface area (Å²) in [5.41, 5.74) is 1.37. The lowest BCUT2D eigenvalue weighted by molar-refractivity contribution is -0.162. The van der Waals surface area contributed by atoms with Crippen molar-refractivity contribution in [3.8, 4) is 0 Å². The molecule has 2 rings (SSSR count). The van der Waals surface area contributed by atoms with E-state index in [0.717, 1.165) is 51.7 Å². The van der Waals surface area contributed by atoms with Crippen molar-refractivity contribution in [1.29, 1.82) is 0 Å². The molecule has 20 heavy (non-hydrogen) atoms. The fraction of sp³-hybridized carbons (Fsp3) is 0.824. The van der Waals surface area contributed by atoms with Crippen molar-refractivity contribution in [2.45, 2.75) is 76.9 Å². The van der Waals surface area contributed by atoms with Gasteiger partial charge in [0.25, 0.3) is 0 Å². The van der Waals surface area contributed by atoms with Crippen molar-refractivity contribution in [2.24, 2.45) is 0 Å². The number of ketones is 1. The Bertz CT molecular complexity index is 316. The lowest BCUT2D eigenvalue weighted by Crippen LogP contribution is -2.22. The van der Waals surface area contributed by atoms with Gasteiger partial charge in [-0.3, -0.25) is 4.79 Å². The Labute approximate surface area is 122 Å². The molecule has 1 aliphatic carbocycles. The zero-order valence-electron chi connectivity index (χ0n) is 12.6. The second-order valence-electron chi connectivity index (χ2n) is 5.95. The van der Waals surface area contributed by atoms with Crippen LogP contribution in [0.4, 0.5) is 0 Å². The summed E-state index contributed by atoms with van der Waals surface area (Å²) in [6.45, 7) is 1.68. The lowest BCUT2D eigenvalue weighted by atomic mass is 9.94. The molecule has 1 aliphatic heterocycles. The fourth-order valence-corrected chi connectivity index (χ4v) is 2.92. The molecule has 0 radical (unpaired) electrons. The Hall–Kier alpha value is -0.670. The average molecular weight is 280 g/mol. The van der Waals surface area contributed by atoms with Crippen molar-refractivity contribution in [3.05, 3.63) is 11.6 Å². The number of unbranched alkanes of at least 4 members (excludes halogenated alkanes) is 3. The molecule has 0 bridgehead atoms. The van der Waals surface area contributed by atoms with E-state index in [0.29, 0.717) is 5.78 Å². The quantitative estimate of drug-likeness (QED) is 0.626. The molecule has 0 aromatic rings. The van der Waals surface area contributed by atoms with E-state index in [4.69, 9.17) is 9.47 Å². The molecule has 0 aromatic heterocycles. The molecule has 1 heterocycles. The van der Waals surface area contributed by atoms with Crippen LogP contribution < -0.4 is 0 Å². The standard InChI is InChI=1S/C17H28O3/c18-16-10-7-9-15(14-16)8-3-1-2-5-12-19-17-11-4-6-13-20-17/h14,17H,1-13H2. The van der Waals surface area contributed by atoms with Crippen LogP contribution >= 0.6 is 0 Å². The zero-order chi connectivity index (χ0) is 14.0. The second-order valence-corrected chi connectivity index (χ2v) is 5.95. The Morgan fingerprint density at radius 1 is 1.10 bits per heavy atom. The first-order valence-electron chi connectivity index (χ1n) is 8.30. The lowest BCUT2D eigenvalue weighted by Gasteiger charge is -2.22. The van der Waals surface area contributed by atoms with Gasteiger partial charge in [-0.1, -0.05) is 18.4 Å². The van der Waals surface area contributed by atoms with Crippen LogP contribution in [0.5, 0.6) is 0 Å². The number of carbonyl (C=O) groups is 1. The first-order valence-corrected chi connectivity index (χ1v) is 8.30. The third kappa shape index (κ3) is 6.19. The molecule has 3 heteroatoms. The van der Waals surface area contributed by atoms with Crippen molar-refractivity contribution < 1.29 is 14.3 Å². The molecule has 0 spiro atoms. The summed E-state index contributed by atoms with van der Waals surface area (Å²) < 4.78 is 11.2. The van der Waals surface area contributed by atoms with Gasteiger partial charge in [-0.05, 0) is 57.4 Å². The van der Waals surface area contributed by atoms with Crippen LogP contribution in [0.25, 0.3) is 0 Å². The molecular formula is C17H28O3. The van der Waals surface area contributed by atoms with Crippen molar-refractivity contribution in [1.82, 2.24) is 0 Å². The van der Waals surface area contributed by atoms with Gasteiger partial charge in [0.15, 0.2) is 12.1 Å². The molecule has 0 N–H and O–H groups in total. The molecule has 0 amide bonds. The first kappa shape index (κ1) is 15.7. The van der Waals surface area contributed by atoms with Gasteiger partial charge in [-0.2, -0.15) is 0 Å². The van der Waals surface area contributed by atoms with Crippen LogP contribution in [0.2, 0.25) is 0 Å². The highest BCUT2D eigenvalue weighted by Crippen LogP contribution is 2.21. The molecule has 2 aliphatic rings. The van der Waals surface area contributed by atoms with Gasteiger partial charge < -0.3 is 9.47 Å². The number of rotatable bonds is 8. The van der Waals surface area contributed by atoms with Crippen molar-refractivity contribution in [2.75, 3.05) is 13.2 Å². The van der Waals surface area contributed by atoms with Gasteiger partial charge in [0.2, 0.25) is 0 Å². The topological polar surface area (TPSA) is 35.5 Å². The first-order chi connectivity index (χ1) is 9.84. The normalized spacial score (nSPS) is 23.7. The maximum atomic E-state index is 11.3. The van der Waals surface area contributed by atoms with Gasteiger partial charge >= 0.3 is 0 Å². The minimum absolute atomic E-state index is 0.0576. The van der Waals surface area contributed by atoms with E-state index in [-0.39, 0.29) is 6.29 Å². The predicted molar refractivity (Wildman–Crippen MR) is 79.6 cm³/mol. The summed E-state index contributed by atoms with van der Waals surface area (Å²) in [6, 6.07) is 0. The molecule has 1 atom stereocenters. The van der Waals surface area contributed by atoms with E-state index in [1.165, 1.54) is 37.7 Å². The maximum absolute atomic E-state index is 11.3. The molecule has 1 saturated heterocycles. The van der Waals surface area contributed by atoms with Crippen LogP contribution in [0, 0.1) is 0 Å². The number of carbonyl (C=O) groups excluding carboxylic acids is 1. The Balaban J connectivity index is 1.42. The molecule has 0 aromatic carbocycles. The highest BCUT2D eigenvalue weighted by molar-refractivity contribution is 5.91. The van der Waals surface area contributed by atoms with Gasteiger partial charge in [-0.15, -0.1) is 0 Å². The number of hydrogen-bond acceptors (Lipinski definition) is 3. The number of ether oxygens (including phenoxy) is 2. The highest BCUT2D eigenvalue weighted by atomic mass is 16.7. The summed E-state index contributed by atoms with van der Waals surface area (Å²) in [5, 5.41) is 0. The second kappa shape index (κ2) is 9.30. The molecule has 114 valence electrons. The van der Waals surface area contributed by atoms with Crippen LogP contribution in [0.15, 0.2) is 11.6 Å². The minimum atomic E-state index is 0.0576. The molecule has 1 fully saturated rings. The van der Waals surface area contributed by atoms with Crippen molar-refractivity contribution in [3.63, 3.8) is 0 Å². The Kier molecular flexibility index (Phi) is 7.31. The molecule has 3 nitrogen and oxygen atoms in total. The largest absolute Gasteiger partial charge is 0.353 e. The third-order valence-corrected chi connectivity index (χ3v) is 4.12. The van der Waals surface area contributed by atoms with Crippen molar-refractivity contribution >= 4 is 5.78 Å². The van der Waals surface area contributed by atoms with E-state index in [9.17, 15) is 4.79 Å². The van der Waals surface area contributed by atoms with E-state index in [2.05, 4.69) is 0 Å². The summed E-state index contributed by atoms with van der Waals surface area (Å²) >= 11 is 0. The number of hydrogen-bond donors (Lipinski definition) is 0. The monoisotopic (exact) mass is 280 g/mol. The predicted octanol–water partition coefficient (Wildman–Crippen LogP) is 4.16. The van der Waals surface area contributed by atoms with E-state index < -0.39 is 0 Å². The highest BCUT2D eigenvalue weighted by Gasteiger charge is 2.13. The smallest absolute Gasteiger partial charge is 0.157 e. The van der Waals surface area contributed by atoms with Gasteiger partial charge in [0, 0.05) is 19.6 Å². The van der Waals surface area contributed by atoms with Gasteiger partial charge in [0.05, 0.1) is 0 Å². The number of allylic oxidation sites excluding steroid dienone is 2. The molecule has 0 saturated carbocycles. The average Bonchev–Trinajstić information content (AvgIpc) is 2.47. The zero-order valence-corrected chi connectivity index (χ0v) is 12.6. The Morgan fingerprint density at radius 3 is 2.80 bits per heavy atom. The fourth-order valence-electron chi connectivity index (χ4n) is 2.92. The third-order valence-electron chi connectivity index (χ3n) is 4.12. The summed E-state index contributed by atoms with van der Waals surface area (Å²) in [6.07, 6.45) is 14.2. The molecular weight excluding hydrogens is 252 g/mol. The summed E-state index contributed by atoms with van der Waals surface area (Å²) in [7, 11) is 0. The van der Waals surface area contributed by atoms with Crippen LogP contribution in [0.1, 0.15) is 70.6 Å². The van der Waals surface area contributed by atoms with Gasteiger partial charge in [0.1, 0.15) is 0 Å². The van der Waals surface area contributed by atoms with Crippen LogP contribution in [-0.4, -0.2) is 25.3 Å². The maximum Gasteiger partial charge on any atom is 0.157 e. The van der Waals surface area contributed by atoms with Crippen LogP contribution in [0.3, 0.4) is 0 Å². The summed E-state index contributed by atoms with van der Waals surface area (Å²) in [5.74, 6) is 0.326. The van der Waals surface area contributed by atoms with Gasteiger partial charge in [-0.25, -0.2) is 0 Å². The van der Waals surface area contributed by atoms with E-state index in [1.807, 2.05) is 6.08 Å². The van der Waals surface area contributed by atoms with E-state index >= 15 is 0 Å². The van der Waals surface area contributed by atoms with Crippen LogP contribution in [-0.2, 0) is 14.3 Å². The van der Waals surface area contributed by atoms with E-state index in [1.54, 1.807) is 0 Å². The Morgan fingerprint density at radius 2 is 2.00 bits per heavy atom. The molecule has 1 unspecified atom stereocenters.